The number of phenols is 1. The smallest absolute Gasteiger partial charge is 0.328 e. The van der Waals surface area contributed by atoms with Crippen molar-refractivity contribution in [2.75, 3.05) is 0 Å². The minimum absolute atomic E-state index is 0.00120. The van der Waals surface area contributed by atoms with Gasteiger partial charge >= 0.3 is 5.97 Å². The van der Waals surface area contributed by atoms with Gasteiger partial charge in [0.25, 0.3) is 0 Å². The van der Waals surface area contributed by atoms with Crippen molar-refractivity contribution in [2.24, 2.45) is 0 Å². The minimum atomic E-state index is -1.23. The normalized spacial score (nSPS) is 11.1. The van der Waals surface area contributed by atoms with E-state index in [1.807, 2.05) is 13.8 Å². The van der Waals surface area contributed by atoms with Gasteiger partial charge in [0, 0.05) is 11.1 Å². The van der Waals surface area contributed by atoms with Gasteiger partial charge in [-0.3, -0.25) is 4.79 Å². The molecule has 96 valence electrons. The number of carboxylic acids is 1. The molecule has 4 nitrogen and oxygen atoms in total. The van der Waals surface area contributed by atoms with Crippen molar-refractivity contribution in [3.05, 3.63) is 40.4 Å². The number of ketones is 1. The van der Waals surface area contributed by atoms with Crippen LogP contribution in [0.4, 0.5) is 0 Å². The SMILES string of the molecule is CC(C)c1cc(Cl)cc(C(=O)/C=C/C(=O)O)c1O. The number of allylic oxidation sites excluding steroid dienone is 1. The van der Waals surface area contributed by atoms with Gasteiger partial charge in [0.2, 0.25) is 0 Å². The largest absolute Gasteiger partial charge is 0.507 e. The van der Waals surface area contributed by atoms with Gasteiger partial charge in [0.15, 0.2) is 5.78 Å². The highest BCUT2D eigenvalue weighted by molar-refractivity contribution is 6.31. The summed E-state index contributed by atoms with van der Waals surface area (Å²) in [5.74, 6) is -1.98. The van der Waals surface area contributed by atoms with Crippen LogP contribution in [0.2, 0.25) is 5.02 Å². The van der Waals surface area contributed by atoms with Crippen molar-refractivity contribution in [3.8, 4) is 5.75 Å². The fourth-order valence-electron chi connectivity index (χ4n) is 1.49. The van der Waals surface area contributed by atoms with Crippen LogP contribution in [-0.2, 0) is 4.79 Å². The first-order valence-electron chi connectivity index (χ1n) is 5.30. The number of benzene rings is 1. The van der Waals surface area contributed by atoms with Crippen molar-refractivity contribution < 1.29 is 19.8 Å². The molecular weight excluding hydrogens is 256 g/mol. The van der Waals surface area contributed by atoms with Crippen molar-refractivity contribution in [2.45, 2.75) is 19.8 Å². The second-order valence-electron chi connectivity index (χ2n) is 4.08. The summed E-state index contributed by atoms with van der Waals surface area (Å²) >= 11 is 5.87. The zero-order valence-corrected chi connectivity index (χ0v) is 10.7. The van der Waals surface area contributed by atoms with Gasteiger partial charge in [0.05, 0.1) is 5.56 Å². The summed E-state index contributed by atoms with van der Waals surface area (Å²) in [6, 6.07) is 2.90. The standard InChI is InChI=1S/C13H13ClO4/c1-7(2)9-5-8(14)6-10(13(9)18)11(15)3-4-12(16)17/h3-7,18H,1-2H3,(H,16,17)/b4-3+. The Hall–Kier alpha value is -1.81. The molecule has 0 aliphatic rings. The van der Waals surface area contributed by atoms with Gasteiger partial charge < -0.3 is 10.2 Å². The third-order valence-electron chi connectivity index (χ3n) is 2.37. The molecule has 0 radical (unpaired) electrons. The van der Waals surface area contributed by atoms with Crippen LogP contribution in [0.5, 0.6) is 5.75 Å². The molecule has 0 saturated heterocycles. The molecule has 0 aromatic heterocycles. The highest BCUT2D eigenvalue weighted by atomic mass is 35.5. The molecular formula is C13H13ClO4. The fraction of sp³-hybridized carbons (Fsp3) is 0.231. The molecule has 0 spiro atoms. The van der Waals surface area contributed by atoms with Crippen LogP contribution in [0.15, 0.2) is 24.3 Å². The average molecular weight is 269 g/mol. The number of carboxylic acid groups (broad SMARTS) is 1. The van der Waals surface area contributed by atoms with E-state index >= 15 is 0 Å². The topological polar surface area (TPSA) is 74.6 Å². The molecule has 1 rings (SSSR count). The molecule has 0 bridgehead atoms. The summed E-state index contributed by atoms with van der Waals surface area (Å²) in [7, 11) is 0. The molecule has 0 saturated carbocycles. The number of carbonyl (C=O) groups is 2. The molecule has 18 heavy (non-hydrogen) atoms. The lowest BCUT2D eigenvalue weighted by Gasteiger charge is -2.11. The molecule has 0 aliphatic carbocycles. The van der Waals surface area contributed by atoms with Crippen LogP contribution < -0.4 is 0 Å². The Morgan fingerprint density at radius 3 is 2.39 bits per heavy atom. The molecule has 1 aromatic carbocycles. The maximum Gasteiger partial charge on any atom is 0.328 e. The first kappa shape index (κ1) is 14.3. The lowest BCUT2D eigenvalue weighted by molar-refractivity contribution is -0.131. The van der Waals surface area contributed by atoms with Gasteiger partial charge in [0.1, 0.15) is 5.75 Å². The van der Waals surface area contributed by atoms with Crippen LogP contribution in [0.1, 0.15) is 35.7 Å². The number of halogens is 1. The third-order valence-corrected chi connectivity index (χ3v) is 2.59. The second-order valence-corrected chi connectivity index (χ2v) is 4.52. The van der Waals surface area contributed by atoms with Gasteiger partial charge in [-0.05, 0) is 29.7 Å². The van der Waals surface area contributed by atoms with Gasteiger partial charge in [-0.25, -0.2) is 4.79 Å². The van der Waals surface area contributed by atoms with Crippen LogP contribution in [0, 0.1) is 0 Å². The first-order valence-corrected chi connectivity index (χ1v) is 5.68. The van der Waals surface area contributed by atoms with Gasteiger partial charge in [-0.1, -0.05) is 25.4 Å². The summed E-state index contributed by atoms with van der Waals surface area (Å²) < 4.78 is 0. The lowest BCUT2D eigenvalue weighted by Crippen LogP contribution is -2.00. The van der Waals surface area contributed by atoms with E-state index in [-0.39, 0.29) is 17.2 Å². The maximum absolute atomic E-state index is 11.7. The van der Waals surface area contributed by atoms with Crippen LogP contribution in [-0.4, -0.2) is 22.0 Å². The number of hydrogen-bond acceptors (Lipinski definition) is 3. The Kier molecular flexibility index (Phi) is 4.50. The van der Waals surface area contributed by atoms with Crippen molar-refractivity contribution in [1.29, 1.82) is 0 Å². The molecule has 1 aromatic rings. The Bertz CT molecular complexity index is 518. The molecule has 0 fully saturated rings. The lowest BCUT2D eigenvalue weighted by atomic mass is 9.97. The molecule has 0 unspecified atom stereocenters. The number of hydrogen-bond donors (Lipinski definition) is 2. The number of carbonyl (C=O) groups excluding carboxylic acids is 1. The van der Waals surface area contributed by atoms with Gasteiger partial charge in [-0.2, -0.15) is 0 Å². The summed E-state index contributed by atoms with van der Waals surface area (Å²) in [6.45, 7) is 3.71. The molecule has 0 amide bonds. The van der Waals surface area contributed by atoms with Crippen molar-refractivity contribution in [1.82, 2.24) is 0 Å². The number of aliphatic carboxylic acids is 1. The summed E-state index contributed by atoms with van der Waals surface area (Å²) in [4.78, 5) is 22.1. The predicted molar refractivity (Wildman–Crippen MR) is 68.3 cm³/mol. The van der Waals surface area contributed by atoms with Gasteiger partial charge in [-0.15, -0.1) is 0 Å². The summed E-state index contributed by atoms with van der Waals surface area (Å²) in [6.07, 6.45) is 1.61. The van der Waals surface area contributed by atoms with E-state index in [9.17, 15) is 14.7 Å². The third kappa shape index (κ3) is 3.34. The zero-order valence-electron chi connectivity index (χ0n) is 9.98. The monoisotopic (exact) mass is 268 g/mol. The average Bonchev–Trinajstić information content (AvgIpc) is 2.28. The zero-order chi connectivity index (χ0) is 13.9. The Morgan fingerprint density at radius 1 is 1.28 bits per heavy atom. The number of phenolic OH excluding ortho intramolecular Hbond substituents is 1. The number of rotatable bonds is 4. The van der Waals surface area contributed by atoms with E-state index in [1.54, 1.807) is 6.07 Å². The molecule has 0 aliphatic heterocycles. The van der Waals surface area contributed by atoms with Crippen LogP contribution in [0.25, 0.3) is 0 Å². The minimum Gasteiger partial charge on any atom is -0.507 e. The van der Waals surface area contributed by atoms with Crippen molar-refractivity contribution >= 4 is 23.4 Å². The molecule has 0 heterocycles. The van der Waals surface area contributed by atoms with E-state index < -0.39 is 11.8 Å². The van der Waals surface area contributed by atoms with Crippen LogP contribution in [0.3, 0.4) is 0 Å². The number of aromatic hydroxyl groups is 1. The summed E-state index contributed by atoms with van der Waals surface area (Å²) in [5.41, 5.74) is 0.554. The quantitative estimate of drug-likeness (QED) is 0.650. The Labute approximate surface area is 110 Å². The second kappa shape index (κ2) is 5.69. The highest BCUT2D eigenvalue weighted by Gasteiger charge is 2.16. The van der Waals surface area contributed by atoms with Crippen molar-refractivity contribution in [3.63, 3.8) is 0 Å². The predicted octanol–water partition coefficient (Wildman–Crippen LogP) is 2.99. The van der Waals surface area contributed by atoms with E-state index in [2.05, 4.69) is 0 Å². The molecule has 5 heteroatoms. The molecule has 2 N–H and O–H groups in total. The summed E-state index contributed by atoms with van der Waals surface area (Å²) in [5, 5.41) is 18.7. The Balaban J connectivity index is 3.24. The Morgan fingerprint density at radius 2 is 1.89 bits per heavy atom. The maximum atomic E-state index is 11.7. The van der Waals surface area contributed by atoms with E-state index in [0.717, 1.165) is 12.2 Å². The fourth-order valence-corrected chi connectivity index (χ4v) is 1.71. The van der Waals surface area contributed by atoms with E-state index in [4.69, 9.17) is 16.7 Å². The highest BCUT2D eigenvalue weighted by Crippen LogP contribution is 2.32. The first-order chi connectivity index (χ1) is 8.32. The van der Waals surface area contributed by atoms with E-state index in [0.29, 0.717) is 10.6 Å². The molecule has 0 atom stereocenters. The van der Waals surface area contributed by atoms with E-state index in [1.165, 1.54) is 6.07 Å². The van der Waals surface area contributed by atoms with Crippen LogP contribution >= 0.6 is 11.6 Å².